The van der Waals surface area contributed by atoms with Crippen LogP contribution in [-0.4, -0.2) is 83.4 Å². The molecule has 570 valence electrons. The number of amides is 2. The normalized spacial score (nSPS) is 12.9. The van der Waals surface area contributed by atoms with Gasteiger partial charge in [-0.1, -0.05) is 362 Å². The van der Waals surface area contributed by atoms with E-state index in [2.05, 4.69) is 38.3 Å². The maximum absolute atomic E-state index is 12.7. The summed E-state index contributed by atoms with van der Waals surface area (Å²) in [6.07, 6.45) is 78.2. The van der Waals surface area contributed by atoms with E-state index in [1.54, 1.807) is 14.0 Å². The molecule has 0 aliphatic rings. The predicted molar refractivity (Wildman–Crippen MR) is 410 cm³/mol. The molecule has 96 heavy (non-hydrogen) atoms. The Kier molecular flexibility index (Phi) is 76.9. The summed E-state index contributed by atoms with van der Waals surface area (Å²) in [4.78, 5) is 59.3. The molecule has 0 saturated carbocycles. The molecule has 0 fully saturated rings. The Morgan fingerprint density at radius 1 is 0.271 bits per heavy atom. The molecule has 0 bridgehead atoms. The number of rotatable bonds is 82. The maximum atomic E-state index is 12.7. The third-order valence-corrected chi connectivity index (χ3v) is 20.7. The molecule has 11 heteroatoms. The van der Waals surface area contributed by atoms with Gasteiger partial charge < -0.3 is 29.6 Å². The van der Waals surface area contributed by atoms with Crippen LogP contribution in [-0.2, 0) is 43.2 Å². The summed E-state index contributed by atoms with van der Waals surface area (Å²) >= 11 is 0. The first-order valence-corrected chi connectivity index (χ1v) is 42.7. The van der Waals surface area contributed by atoms with Crippen LogP contribution >= 0.6 is 0 Å². The lowest BCUT2D eigenvalue weighted by molar-refractivity contribution is -0.273. The Morgan fingerprint density at radius 2 is 0.510 bits per heavy atom. The van der Waals surface area contributed by atoms with Gasteiger partial charge in [-0.2, -0.15) is 4.89 Å². The average Bonchev–Trinajstić information content (AvgIpc) is 1.58. The van der Waals surface area contributed by atoms with Crippen molar-refractivity contribution in [2.24, 2.45) is 23.7 Å². The van der Waals surface area contributed by atoms with E-state index >= 15 is 0 Å². The van der Waals surface area contributed by atoms with E-state index in [1.165, 1.54) is 315 Å². The fraction of sp³-hybridized carbons (Fsp3) is 0.953. The van der Waals surface area contributed by atoms with E-state index in [4.69, 9.17) is 24.0 Å². The zero-order valence-electron chi connectivity index (χ0n) is 65.2. The van der Waals surface area contributed by atoms with Crippen LogP contribution in [0, 0.1) is 23.7 Å². The van der Waals surface area contributed by atoms with Crippen molar-refractivity contribution in [3.63, 3.8) is 0 Å². The van der Waals surface area contributed by atoms with Gasteiger partial charge in [0, 0.05) is 78.9 Å². The van der Waals surface area contributed by atoms with E-state index in [0.29, 0.717) is 77.6 Å². The van der Waals surface area contributed by atoms with Crippen molar-refractivity contribution in [1.29, 1.82) is 0 Å². The Bertz CT molecular complexity index is 1600. The molecule has 0 spiro atoms. The highest BCUT2D eigenvalue weighted by atomic mass is 17.2. The molecule has 2 amide bonds. The molecule has 0 aliphatic carbocycles. The van der Waals surface area contributed by atoms with Crippen LogP contribution in [0.1, 0.15) is 439 Å². The molecule has 0 aromatic carbocycles. The molecule has 0 heterocycles. The molecule has 11 nitrogen and oxygen atoms in total. The lowest BCUT2D eigenvalue weighted by atomic mass is 9.78. The molecule has 4 atom stereocenters. The van der Waals surface area contributed by atoms with Crippen molar-refractivity contribution in [3.8, 4) is 0 Å². The van der Waals surface area contributed by atoms with E-state index in [-0.39, 0.29) is 17.8 Å². The SMILES string of the molecule is CCCCCCCCC(CCCCCCCCC(C)=O)C(CCCCCCCC)CCCCCCCCC(=O)NCCNC(=O)CCCCCCCCC(CCCCCCCC)C(CCCCCCCC)CCCCCCCCC(=O)OOCCCOCCCOCCCOC. The Hall–Kier alpha value is -2.08. The van der Waals surface area contributed by atoms with Crippen LogP contribution in [0.5, 0.6) is 0 Å². The van der Waals surface area contributed by atoms with Crippen molar-refractivity contribution in [2.45, 2.75) is 439 Å². The standard InChI is InChI=1S/C85H166N2O9/c1-7-11-15-19-32-44-59-79(63-48-36-24-23-31-43-58-78(5)88)80(60-45-33-20-16-12-8-2)64-49-37-25-28-40-52-67-83(89)86-70-71-87-84(90)68-53-41-29-26-38-50-65-81(61-46-34-21-17-13-9-3)82(62-47-35-22-18-14-10-4)66-51-39-27-30-42-54-69-85(91)96-95-77-57-76-94-75-56-74-93-73-55-72-92-6/h79-82H,7-77H2,1-6H3,(H,86,89)(H,87,90). The van der Waals surface area contributed by atoms with Gasteiger partial charge >= 0.3 is 5.97 Å². The Morgan fingerprint density at radius 3 is 0.792 bits per heavy atom. The Labute approximate surface area is 597 Å². The molecule has 0 radical (unpaired) electrons. The smallest absolute Gasteiger partial charge is 0.342 e. The summed E-state index contributed by atoms with van der Waals surface area (Å²) in [5.41, 5.74) is 0. The zero-order valence-corrected chi connectivity index (χ0v) is 65.2. The zero-order chi connectivity index (χ0) is 69.8. The molecular formula is C85H166N2O9. The van der Waals surface area contributed by atoms with Crippen LogP contribution in [0.3, 0.4) is 0 Å². The second kappa shape index (κ2) is 78.6. The minimum absolute atomic E-state index is 0.116. The highest BCUT2D eigenvalue weighted by Gasteiger charge is 2.23. The summed E-state index contributed by atoms with van der Waals surface area (Å²) in [5, 5.41) is 6.13. The molecule has 0 saturated heterocycles. The number of unbranched alkanes of at least 4 members (excludes halogenated alkanes) is 40. The summed E-state index contributed by atoms with van der Waals surface area (Å²) in [6, 6.07) is 0. The van der Waals surface area contributed by atoms with Crippen molar-refractivity contribution in [2.75, 3.05) is 59.8 Å². The highest BCUT2D eigenvalue weighted by molar-refractivity contribution is 5.77. The van der Waals surface area contributed by atoms with E-state index < -0.39 is 0 Å². The first kappa shape index (κ1) is 93.9. The summed E-state index contributed by atoms with van der Waals surface area (Å²) in [6.45, 7) is 15.7. The van der Waals surface area contributed by atoms with E-state index in [1.807, 2.05) is 0 Å². The number of hydrogen-bond donors (Lipinski definition) is 2. The van der Waals surface area contributed by atoms with Crippen molar-refractivity contribution >= 4 is 23.6 Å². The average molecular weight is 1360 g/mol. The summed E-state index contributed by atoms with van der Waals surface area (Å²) < 4.78 is 16.2. The van der Waals surface area contributed by atoms with Crippen molar-refractivity contribution < 1.29 is 43.2 Å². The van der Waals surface area contributed by atoms with E-state index in [0.717, 1.165) is 94.5 Å². The first-order valence-electron chi connectivity index (χ1n) is 42.7. The van der Waals surface area contributed by atoms with Crippen LogP contribution in [0.2, 0.25) is 0 Å². The predicted octanol–water partition coefficient (Wildman–Crippen LogP) is 25.1. The minimum Gasteiger partial charge on any atom is -0.385 e. The van der Waals surface area contributed by atoms with Gasteiger partial charge in [-0.15, -0.1) is 0 Å². The fourth-order valence-corrected chi connectivity index (χ4v) is 14.6. The third-order valence-electron chi connectivity index (χ3n) is 20.7. The molecule has 0 aromatic rings. The van der Waals surface area contributed by atoms with Crippen LogP contribution < -0.4 is 10.6 Å². The topological polar surface area (TPSA) is 138 Å². The second-order valence-electron chi connectivity index (χ2n) is 29.9. The first-order chi connectivity index (χ1) is 47.2. The van der Waals surface area contributed by atoms with Gasteiger partial charge in [0.15, 0.2) is 0 Å². The van der Waals surface area contributed by atoms with Gasteiger partial charge in [-0.25, -0.2) is 4.79 Å². The Balaban J connectivity index is 4.69. The lowest BCUT2D eigenvalue weighted by Gasteiger charge is -2.28. The number of carbonyl (C=O) groups excluding carboxylic acids is 4. The van der Waals surface area contributed by atoms with Gasteiger partial charge in [0.1, 0.15) is 5.78 Å². The lowest BCUT2D eigenvalue weighted by Crippen LogP contribution is -2.34. The molecule has 4 unspecified atom stereocenters. The number of carbonyl (C=O) groups is 4. The largest absolute Gasteiger partial charge is 0.385 e. The minimum atomic E-state index is -0.269. The molecule has 0 aromatic heterocycles. The number of nitrogens with one attached hydrogen (secondary N) is 2. The molecule has 2 N–H and O–H groups in total. The van der Waals surface area contributed by atoms with Crippen molar-refractivity contribution in [3.05, 3.63) is 0 Å². The van der Waals surface area contributed by atoms with Gasteiger partial charge in [0.2, 0.25) is 11.8 Å². The molecular weight excluding hydrogens is 1190 g/mol. The quantitative estimate of drug-likeness (QED) is 0.0346. The van der Waals surface area contributed by atoms with Gasteiger partial charge in [-0.05, 0) is 75.5 Å². The summed E-state index contributed by atoms with van der Waals surface area (Å²) in [7, 11) is 1.70. The van der Waals surface area contributed by atoms with Gasteiger partial charge in [-0.3, -0.25) is 14.5 Å². The number of ether oxygens (including phenoxy) is 3. The summed E-state index contributed by atoms with van der Waals surface area (Å²) in [5.74, 6) is 3.76. The number of Topliss-reactive ketones (excluding diaryl/α,β-unsaturated/α-hetero) is 1. The second-order valence-corrected chi connectivity index (χ2v) is 29.9. The van der Waals surface area contributed by atoms with Gasteiger partial charge in [0.25, 0.3) is 0 Å². The van der Waals surface area contributed by atoms with Gasteiger partial charge in [0.05, 0.1) is 6.61 Å². The van der Waals surface area contributed by atoms with Crippen LogP contribution in [0.4, 0.5) is 0 Å². The third kappa shape index (κ3) is 70.4. The van der Waals surface area contributed by atoms with Crippen LogP contribution in [0.25, 0.3) is 0 Å². The van der Waals surface area contributed by atoms with Crippen LogP contribution in [0.15, 0.2) is 0 Å². The molecule has 0 rings (SSSR count). The van der Waals surface area contributed by atoms with Crippen molar-refractivity contribution in [1.82, 2.24) is 10.6 Å². The number of methoxy groups -OCH3 is 1. The number of hydrogen-bond acceptors (Lipinski definition) is 9. The fourth-order valence-electron chi connectivity index (χ4n) is 14.6. The van der Waals surface area contributed by atoms with E-state index in [9.17, 15) is 19.2 Å². The monoisotopic (exact) mass is 1360 g/mol. The number of ketones is 1. The maximum Gasteiger partial charge on any atom is 0.342 e. The molecule has 0 aliphatic heterocycles. The highest BCUT2D eigenvalue weighted by Crippen LogP contribution is 2.36.